The van der Waals surface area contributed by atoms with Gasteiger partial charge in [0.25, 0.3) is 0 Å². The molecule has 5 heteroatoms. The van der Waals surface area contributed by atoms with Gasteiger partial charge in [-0.25, -0.2) is 8.42 Å². The van der Waals surface area contributed by atoms with Gasteiger partial charge in [-0.15, -0.1) is 0 Å². The van der Waals surface area contributed by atoms with E-state index in [0.29, 0.717) is 23.5 Å². The fraction of sp³-hybridized carbons (Fsp3) is 0.571. The van der Waals surface area contributed by atoms with E-state index in [-0.39, 0.29) is 5.75 Å². The molecule has 0 bridgehead atoms. The van der Waals surface area contributed by atoms with Gasteiger partial charge in [0.05, 0.1) is 21.9 Å². The van der Waals surface area contributed by atoms with Crippen molar-refractivity contribution in [3.8, 4) is 0 Å². The molecule has 1 aromatic carbocycles. The summed E-state index contributed by atoms with van der Waals surface area (Å²) in [4.78, 5) is 0.333. The van der Waals surface area contributed by atoms with E-state index in [1.807, 2.05) is 6.92 Å². The molecule has 1 saturated carbocycles. The minimum atomic E-state index is -3.24. The molecule has 0 unspecified atom stereocenters. The summed E-state index contributed by atoms with van der Waals surface area (Å²) in [5.41, 5.74) is -0.0713. The topological polar surface area (TPSA) is 66.4 Å². The first-order valence-corrected chi connectivity index (χ1v) is 8.40. The summed E-state index contributed by atoms with van der Waals surface area (Å²) in [6.07, 6.45) is 3.20. The minimum Gasteiger partial charge on any atom is -0.388 e. The maximum atomic E-state index is 12.2. The molecule has 1 aliphatic carbocycles. The van der Waals surface area contributed by atoms with Crippen LogP contribution < -0.4 is 5.32 Å². The highest BCUT2D eigenvalue weighted by Crippen LogP contribution is 2.32. The summed E-state index contributed by atoms with van der Waals surface area (Å²) in [6.45, 7) is 2.26. The Bertz CT molecular complexity index is 535. The summed E-state index contributed by atoms with van der Waals surface area (Å²) < 4.78 is 24.3. The first kappa shape index (κ1) is 14.3. The summed E-state index contributed by atoms with van der Waals surface area (Å²) in [5.74, 6) is 0.149. The molecule has 106 valence electrons. The second-order valence-corrected chi connectivity index (χ2v) is 7.32. The molecule has 0 radical (unpaired) electrons. The molecule has 1 aromatic rings. The van der Waals surface area contributed by atoms with Crippen LogP contribution in [0.4, 0.5) is 5.69 Å². The van der Waals surface area contributed by atoms with Crippen molar-refractivity contribution in [2.24, 2.45) is 0 Å². The molecule has 0 atom stereocenters. The van der Waals surface area contributed by atoms with Crippen LogP contribution in [0.25, 0.3) is 0 Å². The molecule has 1 fully saturated rings. The zero-order valence-electron chi connectivity index (χ0n) is 11.2. The van der Waals surface area contributed by atoms with E-state index in [0.717, 1.165) is 19.3 Å². The van der Waals surface area contributed by atoms with Gasteiger partial charge in [-0.1, -0.05) is 19.1 Å². The van der Waals surface area contributed by atoms with Gasteiger partial charge in [0.1, 0.15) is 0 Å². The maximum absolute atomic E-state index is 12.2. The van der Waals surface area contributed by atoms with Gasteiger partial charge in [0.2, 0.25) is 0 Å². The van der Waals surface area contributed by atoms with E-state index < -0.39 is 15.4 Å². The average Bonchev–Trinajstić information content (AvgIpc) is 2.34. The Kier molecular flexibility index (Phi) is 4.16. The highest BCUT2D eigenvalue weighted by molar-refractivity contribution is 7.91. The van der Waals surface area contributed by atoms with Crippen LogP contribution in [0.5, 0.6) is 0 Å². The quantitative estimate of drug-likeness (QED) is 0.840. The molecule has 1 aliphatic rings. The van der Waals surface area contributed by atoms with Crippen molar-refractivity contribution in [2.75, 3.05) is 17.6 Å². The van der Waals surface area contributed by atoms with Crippen LogP contribution in [-0.2, 0) is 9.84 Å². The smallest absolute Gasteiger partial charge is 0.180 e. The third-order valence-electron chi connectivity index (χ3n) is 3.59. The number of rotatable bonds is 6. The van der Waals surface area contributed by atoms with Gasteiger partial charge in [-0.2, -0.15) is 0 Å². The second-order valence-electron chi connectivity index (χ2n) is 5.25. The SMILES string of the molecule is CCCS(=O)(=O)c1ccccc1NCC1(O)CCC1. The normalized spacial score (nSPS) is 17.8. The molecule has 0 saturated heterocycles. The second kappa shape index (κ2) is 5.51. The van der Waals surface area contributed by atoms with Crippen molar-refractivity contribution in [1.29, 1.82) is 0 Å². The van der Waals surface area contributed by atoms with E-state index in [4.69, 9.17) is 0 Å². The van der Waals surface area contributed by atoms with Crippen LogP contribution in [0.2, 0.25) is 0 Å². The fourth-order valence-corrected chi connectivity index (χ4v) is 3.80. The number of hydrogen-bond donors (Lipinski definition) is 2. The lowest BCUT2D eigenvalue weighted by molar-refractivity contribution is -0.0202. The molecular formula is C14H21NO3S. The molecule has 0 spiro atoms. The van der Waals surface area contributed by atoms with Crippen molar-refractivity contribution in [3.05, 3.63) is 24.3 Å². The standard InChI is InChI=1S/C14H21NO3S/c1-2-10-19(17,18)13-7-4-3-6-12(13)15-11-14(16)8-5-9-14/h3-4,6-7,15-16H,2,5,8-11H2,1H3. The number of nitrogens with one attached hydrogen (secondary N) is 1. The molecule has 0 amide bonds. The van der Waals surface area contributed by atoms with E-state index in [1.165, 1.54) is 0 Å². The first-order chi connectivity index (χ1) is 8.97. The average molecular weight is 283 g/mol. The zero-order valence-corrected chi connectivity index (χ0v) is 12.0. The predicted octanol–water partition coefficient (Wildman–Crippen LogP) is 2.20. The van der Waals surface area contributed by atoms with E-state index >= 15 is 0 Å². The molecular weight excluding hydrogens is 262 g/mol. The Balaban J connectivity index is 2.16. The Morgan fingerprint density at radius 3 is 2.58 bits per heavy atom. The number of aliphatic hydroxyl groups is 1. The van der Waals surface area contributed by atoms with Crippen LogP contribution in [0.15, 0.2) is 29.2 Å². The highest BCUT2D eigenvalue weighted by Gasteiger charge is 2.34. The zero-order chi connectivity index (χ0) is 13.9. The number of anilines is 1. The van der Waals surface area contributed by atoms with Gasteiger partial charge in [0.15, 0.2) is 9.84 Å². The van der Waals surface area contributed by atoms with E-state index in [2.05, 4.69) is 5.32 Å². The molecule has 19 heavy (non-hydrogen) atoms. The maximum Gasteiger partial charge on any atom is 0.180 e. The van der Waals surface area contributed by atoms with Gasteiger partial charge >= 0.3 is 0 Å². The molecule has 2 N–H and O–H groups in total. The number of para-hydroxylation sites is 1. The summed E-state index contributed by atoms with van der Waals surface area (Å²) in [5, 5.41) is 13.1. The number of hydrogen-bond acceptors (Lipinski definition) is 4. The summed E-state index contributed by atoms with van der Waals surface area (Å²) >= 11 is 0. The van der Waals surface area contributed by atoms with Gasteiger partial charge in [-0.3, -0.25) is 0 Å². The Labute approximate surface area is 114 Å². The third-order valence-corrected chi connectivity index (χ3v) is 5.56. The molecule has 0 heterocycles. The van der Waals surface area contributed by atoms with Crippen LogP contribution in [0.1, 0.15) is 32.6 Å². The Hall–Kier alpha value is -1.07. The highest BCUT2D eigenvalue weighted by atomic mass is 32.2. The van der Waals surface area contributed by atoms with E-state index in [9.17, 15) is 13.5 Å². The van der Waals surface area contributed by atoms with Gasteiger partial charge < -0.3 is 10.4 Å². The van der Waals surface area contributed by atoms with Crippen molar-refractivity contribution in [2.45, 2.75) is 43.1 Å². The lowest BCUT2D eigenvalue weighted by atomic mass is 9.80. The number of sulfone groups is 1. The molecule has 4 nitrogen and oxygen atoms in total. The lowest BCUT2D eigenvalue weighted by Crippen LogP contribution is -2.43. The van der Waals surface area contributed by atoms with Crippen molar-refractivity contribution >= 4 is 15.5 Å². The number of benzene rings is 1. The minimum absolute atomic E-state index is 0.149. The molecule has 0 aliphatic heterocycles. The molecule has 2 rings (SSSR count). The van der Waals surface area contributed by atoms with E-state index in [1.54, 1.807) is 24.3 Å². The lowest BCUT2D eigenvalue weighted by Gasteiger charge is -2.37. The van der Waals surface area contributed by atoms with Crippen molar-refractivity contribution in [1.82, 2.24) is 0 Å². The van der Waals surface area contributed by atoms with Crippen molar-refractivity contribution in [3.63, 3.8) is 0 Å². The van der Waals surface area contributed by atoms with Crippen LogP contribution in [0, 0.1) is 0 Å². The summed E-state index contributed by atoms with van der Waals surface area (Å²) in [6, 6.07) is 6.91. The largest absolute Gasteiger partial charge is 0.388 e. The Morgan fingerprint density at radius 2 is 2.00 bits per heavy atom. The van der Waals surface area contributed by atoms with Crippen molar-refractivity contribution < 1.29 is 13.5 Å². The third kappa shape index (κ3) is 3.28. The van der Waals surface area contributed by atoms with Crippen LogP contribution >= 0.6 is 0 Å². The Morgan fingerprint density at radius 1 is 1.32 bits per heavy atom. The van der Waals surface area contributed by atoms with Gasteiger partial charge in [-0.05, 0) is 37.8 Å². The van der Waals surface area contributed by atoms with Gasteiger partial charge in [0, 0.05) is 6.54 Å². The first-order valence-electron chi connectivity index (χ1n) is 6.75. The predicted molar refractivity (Wildman–Crippen MR) is 76.1 cm³/mol. The molecule has 0 aromatic heterocycles. The van der Waals surface area contributed by atoms with Crippen LogP contribution in [0.3, 0.4) is 0 Å². The van der Waals surface area contributed by atoms with Crippen LogP contribution in [-0.4, -0.2) is 31.4 Å². The summed E-state index contributed by atoms with van der Waals surface area (Å²) in [7, 11) is -3.24. The fourth-order valence-electron chi connectivity index (χ4n) is 2.28. The monoisotopic (exact) mass is 283 g/mol.